The summed E-state index contributed by atoms with van der Waals surface area (Å²) in [6.45, 7) is 4.81. The molecule has 0 amide bonds. The molecule has 0 unspecified atom stereocenters. The zero-order valence-corrected chi connectivity index (χ0v) is 18.7. The van der Waals surface area contributed by atoms with E-state index in [4.69, 9.17) is 14.3 Å². The Hall–Kier alpha value is -2.13. The van der Waals surface area contributed by atoms with E-state index in [1.165, 1.54) is 0 Å². The van der Waals surface area contributed by atoms with Crippen LogP contribution >= 0.6 is 0 Å². The number of nitrogens with one attached hydrogen (secondary N) is 1. The average Bonchev–Trinajstić information content (AvgIpc) is 3.13. The average molecular weight is 435 g/mol. The van der Waals surface area contributed by atoms with Crippen LogP contribution in [0.5, 0.6) is 11.5 Å². The molecule has 1 heterocycles. The third kappa shape index (κ3) is 5.31. The van der Waals surface area contributed by atoms with Crippen LogP contribution in [0.15, 0.2) is 48.5 Å². The van der Waals surface area contributed by atoms with Gasteiger partial charge in [-0.05, 0) is 29.2 Å². The number of ether oxygens (including phenoxy) is 2. The molecule has 1 fully saturated rings. The third-order valence-electron chi connectivity index (χ3n) is 5.04. The molecule has 2 atom stereocenters. The maximum Gasteiger partial charge on any atom is 0.218 e. The second kappa shape index (κ2) is 9.78. The van der Waals surface area contributed by atoms with Crippen molar-refractivity contribution in [2.75, 3.05) is 27.3 Å². The molecule has 0 aromatic heterocycles. The van der Waals surface area contributed by atoms with Crippen molar-refractivity contribution >= 4 is 10.0 Å². The molecular weight excluding hydrogens is 404 g/mol. The van der Waals surface area contributed by atoms with Gasteiger partial charge < -0.3 is 9.47 Å². The maximum atomic E-state index is 12.9. The SMILES string of the molecule is COc1ccc([C@H]2[C@@H](S(=O)(=O)NCC(C)C)CON2C)cc1OCc1ccccc1. The number of rotatable bonds is 9. The van der Waals surface area contributed by atoms with Crippen LogP contribution < -0.4 is 14.2 Å². The van der Waals surface area contributed by atoms with E-state index >= 15 is 0 Å². The van der Waals surface area contributed by atoms with E-state index in [9.17, 15) is 8.42 Å². The molecule has 2 aromatic rings. The Labute approximate surface area is 178 Å². The van der Waals surface area contributed by atoms with Crippen molar-refractivity contribution in [1.82, 2.24) is 9.79 Å². The van der Waals surface area contributed by atoms with Crippen molar-refractivity contribution in [3.63, 3.8) is 0 Å². The molecule has 1 aliphatic heterocycles. The molecule has 1 saturated heterocycles. The van der Waals surface area contributed by atoms with E-state index in [1.807, 2.05) is 56.3 Å². The van der Waals surface area contributed by atoms with Crippen LogP contribution in [0.4, 0.5) is 0 Å². The molecule has 3 rings (SSSR count). The van der Waals surface area contributed by atoms with Crippen LogP contribution in [0.25, 0.3) is 0 Å². The van der Waals surface area contributed by atoms with E-state index in [2.05, 4.69) is 4.72 Å². The van der Waals surface area contributed by atoms with Gasteiger partial charge in [-0.1, -0.05) is 50.2 Å². The standard InChI is InChI=1S/C22H30N2O5S/c1-16(2)13-23-30(25,26)21-15-29-24(3)22(21)18-10-11-19(27-4)20(12-18)28-14-17-8-6-5-7-9-17/h5-12,16,21-23H,13-15H2,1-4H3/t21-,22-/m0/s1. The number of nitrogens with zero attached hydrogens (tertiary/aromatic N) is 1. The minimum atomic E-state index is -3.56. The van der Waals surface area contributed by atoms with Crippen LogP contribution in [0.1, 0.15) is 31.0 Å². The van der Waals surface area contributed by atoms with Crippen LogP contribution in [0, 0.1) is 5.92 Å². The molecule has 0 aliphatic carbocycles. The van der Waals surface area contributed by atoms with Gasteiger partial charge in [0.25, 0.3) is 0 Å². The first kappa shape index (κ1) is 22.6. The highest BCUT2D eigenvalue weighted by Crippen LogP contribution is 2.38. The molecule has 7 nitrogen and oxygen atoms in total. The smallest absolute Gasteiger partial charge is 0.218 e. The fraction of sp³-hybridized carbons (Fsp3) is 0.455. The van der Waals surface area contributed by atoms with E-state index in [1.54, 1.807) is 25.3 Å². The van der Waals surface area contributed by atoms with Crippen LogP contribution in [0.3, 0.4) is 0 Å². The Morgan fingerprint density at radius 2 is 1.90 bits per heavy atom. The molecule has 164 valence electrons. The summed E-state index contributed by atoms with van der Waals surface area (Å²) in [4.78, 5) is 5.59. The van der Waals surface area contributed by atoms with Gasteiger partial charge in [-0.25, -0.2) is 13.1 Å². The van der Waals surface area contributed by atoms with Gasteiger partial charge in [0.15, 0.2) is 11.5 Å². The van der Waals surface area contributed by atoms with Crippen molar-refractivity contribution in [2.24, 2.45) is 5.92 Å². The lowest BCUT2D eigenvalue weighted by Gasteiger charge is -2.24. The highest BCUT2D eigenvalue weighted by Gasteiger charge is 2.43. The highest BCUT2D eigenvalue weighted by atomic mass is 32.2. The summed E-state index contributed by atoms with van der Waals surface area (Å²) >= 11 is 0. The minimum absolute atomic E-state index is 0.0980. The topological polar surface area (TPSA) is 77.1 Å². The van der Waals surface area contributed by atoms with Crippen molar-refractivity contribution in [1.29, 1.82) is 0 Å². The van der Waals surface area contributed by atoms with Gasteiger partial charge >= 0.3 is 0 Å². The monoisotopic (exact) mass is 434 g/mol. The zero-order chi connectivity index (χ0) is 21.7. The molecule has 2 aromatic carbocycles. The molecule has 0 radical (unpaired) electrons. The van der Waals surface area contributed by atoms with Gasteiger partial charge in [0, 0.05) is 13.6 Å². The summed E-state index contributed by atoms with van der Waals surface area (Å²) in [5.41, 5.74) is 1.82. The maximum absolute atomic E-state index is 12.9. The predicted octanol–water partition coefficient (Wildman–Crippen LogP) is 3.14. The first-order valence-electron chi connectivity index (χ1n) is 10.0. The van der Waals surface area contributed by atoms with Crippen molar-refractivity contribution in [3.05, 3.63) is 59.7 Å². The van der Waals surface area contributed by atoms with Crippen LogP contribution in [0.2, 0.25) is 0 Å². The highest BCUT2D eigenvalue weighted by molar-refractivity contribution is 7.90. The normalized spacial score (nSPS) is 19.9. The van der Waals surface area contributed by atoms with Gasteiger partial charge in [-0.15, -0.1) is 0 Å². The van der Waals surface area contributed by atoms with E-state index in [0.717, 1.165) is 11.1 Å². The number of hydrogen-bond donors (Lipinski definition) is 1. The summed E-state index contributed by atoms with van der Waals surface area (Å²) in [6.07, 6.45) is 0. The lowest BCUT2D eigenvalue weighted by atomic mass is 10.0. The van der Waals surface area contributed by atoms with E-state index < -0.39 is 21.3 Å². The largest absolute Gasteiger partial charge is 0.493 e. The summed E-state index contributed by atoms with van der Waals surface area (Å²) in [6, 6.07) is 14.9. The molecule has 0 spiro atoms. The molecule has 30 heavy (non-hydrogen) atoms. The molecular formula is C22H30N2O5S. The number of methoxy groups -OCH3 is 1. The predicted molar refractivity (Wildman–Crippen MR) is 116 cm³/mol. The number of hydroxylamine groups is 2. The fourth-order valence-electron chi connectivity index (χ4n) is 3.40. The third-order valence-corrected chi connectivity index (χ3v) is 6.80. The summed E-state index contributed by atoms with van der Waals surface area (Å²) in [5.74, 6) is 1.37. The Kier molecular flexibility index (Phi) is 7.36. The lowest BCUT2D eigenvalue weighted by molar-refractivity contribution is -0.110. The molecule has 1 N–H and O–H groups in total. The van der Waals surface area contributed by atoms with E-state index in [0.29, 0.717) is 24.7 Å². The molecule has 1 aliphatic rings. The van der Waals surface area contributed by atoms with Crippen LogP contribution in [-0.4, -0.2) is 46.0 Å². The first-order chi connectivity index (χ1) is 14.3. The zero-order valence-electron chi connectivity index (χ0n) is 17.9. The fourth-order valence-corrected chi connectivity index (χ4v) is 5.08. The quantitative estimate of drug-likeness (QED) is 0.653. The first-order valence-corrected chi connectivity index (χ1v) is 11.6. The number of benzene rings is 2. The van der Waals surface area contributed by atoms with Gasteiger partial charge in [0.05, 0.1) is 19.8 Å². The summed E-state index contributed by atoms with van der Waals surface area (Å²) in [5, 5.41) is 0.874. The molecule has 0 bridgehead atoms. The Morgan fingerprint density at radius 1 is 1.17 bits per heavy atom. The van der Waals surface area contributed by atoms with Gasteiger partial charge in [0.2, 0.25) is 10.0 Å². The van der Waals surface area contributed by atoms with Gasteiger partial charge in [0.1, 0.15) is 11.9 Å². The van der Waals surface area contributed by atoms with Crippen molar-refractivity contribution < 1.29 is 22.7 Å². The van der Waals surface area contributed by atoms with Crippen LogP contribution in [-0.2, 0) is 21.5 Å². The Morgan fingerprint density at radius 3 is 2.57 bits per heavy atom. The minimum Gasteiger partial charge on any atom is -0.493 e. The second-order valence-electron chi connectivity index (χ2n) is 7.80. The van der Waals surface area contributed by atoms with Crippen molar-refractivity contribution in [2.45, 2.75) is 31.7 Å². The van der Waals surface area contributed by atoms with E-state index in [-0.39, 0.29) is 12.5 Å². The van der Waals surface area contributed by atoms with Gasteiger partial charge in [-0.2, -0.15) is 5.06 Å². The lowest BCUT2D eigenvalue weighted by Crippen LogP contribution is -2.40. The summed E-state index contributed by atoms with van der Waals surface area (Å²) < 4.78 is 40.0. The number of hydrogen-bond acceptors (Lipinski definition) is 6. The second-order valence-corrected chi connectivity index (χ2v) is 9.78. The number of sulfonamides is 1. The Bertz CT molecular complexity index is 934. The van der Waals surface area contributed by atoms with Crippen molar-refractivity contribution in [3.8, 4) is 11.5 Å². The molecule has 8 heteroatoms. The van der Waals surface area contributed by atoms with Gasteiger partial charge in [-0.3, -0.25) is 4.84 Å². The Balaban J connectivity index is 1.85. The molecule has 0 saturated carbocycles. The summed E-state index contributed by atoms with van der Waals surface area (Å²) in [7, 11) is -0.229.